The number of aliphatic carboxylic acids is 1. The number of nitrogens with zero attached hydrogens (tertiary/aromatic N) is 2. The first-order chi connectivity index (χ1) is 15.6. The number of hydrogen-bond acceptors (Lipinski definition) is 5. The Morgan fingerprint density at radius 2 is 1.84 bits per heavy atom. The lowest BCUT2D eigenvalue weighted by Gasteiger charge is -2.37. The van der Waals surface area contributed by atoms with Crippen LogP contribution in [0.25, 0.3) is 10.9 Å². The van der Waals surface area contributed by atoms with Gasteiger partial charge in [-0.25, -0.2) is 4.79 Å². The van der Waals surface area contributed by atoms with E-state index in [1.54, 1.807) is 18.0 Å². The molecule has 1 saturated heterocycles. The number of piperazine rings is 1. The molecule has 2 N–H and O–H groups in total. The normalized spacial score (nSPS) is 15.5. The van der Waals surface area contributed by atoms with Gasteiger partial charge < -0.3 is 24.5 Å². The summed E-state index contributed by atoms with van der Waals surface area (Å²) >= 11 is 0. The van der Waals surface area contributed by atoms with Gasteiger partial charge in [0.1, 0.15) is 18.4 Å². The lowest BCUT2D eigenvalue weighted by molar-refractivity contribution is -0.144. The number of hydrogen-bond donors (Lipinski definition) is 2. The van der Waals surface area contributed by atoms with Crippen molar-refractivity contribution < 1.29 is 24.2 Å². The Morgan fingerprint density at radius 3 is 2.53 bits per heavy atom. The van der Waals surface area contributed by atoms with E-state index in [1.165, 1.54) is 0 Å². The van der Waals surface area contributed by atoms with Crippen molar-refractivity contribution in [3.8, 4) is 5.75 Å². The van der Waals surface area contributed by atoms with Crippen molar-refractivity contribution in [3.63, 3.8) is 0 Å². The quantitative estimate of drug-likeness (QED) is 0.586. The molecule has 1 amide bonds. The minimum absolute atomic E-state index is 0.320. The molecule has 0 bridgehead atoms. The Hall–Kier alpha value is -3.52. The maximum absolute atomic E-state index is 12.3. The van der Waals surface area contributed by atoms with Crippen LogP contribution >= 0.6 is 0 Å². The van der Waals surface area contributed by atoms with Crippen molar-refractivity contribution in [3.05, 3.63) is 65.9 Å². The SMILES string of the molecule is CCOC(=O)N1CCN(C(C(=O)O)c2c[nH]c3ccc(OCc4ccccc4)cc23)CC1. The van der Waals surface area contributed by atoms with Gasteiger partial charge in [0, 0.05) is 48.8 Å². The Labute approximate surface area is 186 Å². The van der Waals surface area contributed by atoms with Crippen LogP contribution in [0.15, 0.2) is 54.7 Å². The topological polar surface area (TPSA) is 95.1 Å². The van der Waals surface area contributed by atoms with Gasteiger partial charge in [0.15, 0.2) is 0 Å². The highest BCUT2D eigenvalue weighted by atomic mass is 16.6. The van der Waals surface area contributed by atoms with Crippen LogP contribution in [-0.2, 0) is 16.1 Å². The van der Waals surface area contributed by atoms with Crippen LogP contribution in [-0.4, -0.2) is 64.7 Å². The molecular formula is C24H27N3O5. The zero-order valence-electron chi connectivity index (χ0n) is 18.0. The van der Waals surface area contributed by atoms with Gasteiger partial charge in [-0.3, -0.25) is 9.69 Å². The number of carbonyl (C=O) groups is 2. The molecule has 1 fully saturated rings. The molecule has 0 radical (unpaired) electrons. The van der Waals surface area contributed by atoms with Gasteiger partial charge in [0.25, 0.3) is 0 Å². The number of benzene rings is 2. The summed E-state index contributed by atoms with van der Waals surface area (Å²) < 4.78 is 11.0. The standard InChI is InChI=1S/C24H27N3O5/c1-2-31-24(30)27-12-10-26(11-13-27)22(23(28)29)20-15-25-21-9-8-18(14-19(20)21)32-16-17-6-4-3-5-7-17/h3-9,14-15,22,25H,2,10-13,16H2,1H3,(H,28,29). The van der Waals surface area contributed by atoms with Gasteiger partial charge in [-0.1, -0.05) is 30.3 Å². The van der Waals surface area contributed by atoms with Crippen molar-refractivity contribution in [2.45, 2.75) is 19.6 Å². The summed E-state index contributed by atoms with van der Waals surface area (Å²) in [6.07, 6.45) is 1.40. The molecule has 1 atom stereocenters. The average Bonchev–Trinajstić information content (AvgIpc) is 3.22. The van der Waals surface area contributed by atoms with Crippen molar-refractivity contribution in [1.82, 2.24) is 14.8 Å². The van der Waals surface area contributed by atoms with E-state index in [1.807, 2.05) is 53.4 Å². The summed E-state index contributed by atoms with van der Waals surface area (Å²) in [5.74, 6) is -0.246. The lowest BCUT2D eigenvalue weighted by atomic mass is 10.0. The van der Waals surface area contributed by atoms with Crippen LogP contribution in [0.4, 0.5) is 4.79 Å². The highest BCUT2D eigenvalue weighted by molar-refractivity contribution is 5.90. The Kier molecular flexibility index (Phi) is 6.61. The first kappa shape index (κ1) is 21.7. The Balaban J connectivity index is 1.52. The number of rotatable bonds is 7. The first-order valence-corrected chi connectivity index (χ1v) is 10.7. The van der Waals surface area contributed by atoms with Crippen LogP contribution in [0.2, 0.25) is 0 Å². The number of ether oxygens (including phenoxy) is 2. The van der Waals surface area contributed by atoms with E-state index >= 15 is 0 Å². The number of H-pyrrole nitrogens is 1. The van der Waals surface area contributed by atoms with Gasteiger partial charge in [0.05, 0.1) is 6.61 Å². The molecule has 32 heavy (non-hydrogen) atoms. The van der Waals surface area contributed by atoms with E-state index < -0.39 is 12.0 Å². The zero-order chi connectivity index (χ0) is 22.5. The molecular weight excluding hydrogens is 410 g/mol. The van der Waals surface area contributed by atoms with Crippen molar-refractivity contribution in [2.24, 2.45) is 0 Å². The van der Waals surface area contributed by atoms with E-state index in [0.29, 0.717) is 50.7 Å². The third-order valence-corrected chi connectivity index (χ3v) is 5.67. The number of carbonyl (C=O) groups excluding carboxylic acids is 1. The predicted octanol–water partition coefficient (Wildman–Crippen LogP) is 3.65. The van der Waals surface area contributed by atoms with Crippen LogP contribution < -0.4 is 4.74 Å². The molecule has 3 aromatic rings. The smallest absolute Gasteiger partial charge is 0.409 e. The maximum Gasteiger partial charge on any atom is 0.409 e. The summed E-state index contributed by atoms with van der Waals surface area (Å²) in [7, 11) is 0. The molecule has 8 nitrogen and oxygen atoms in total. The monoisotopic (exact) mass is 437 g/mol. The largest absolute Gasteiger partial charge is 0.489 e. The Morgan fingerprint density at radius 1 is 1.09 bits per heavy atom. The zero-order valence-corrected chi connectivity index (χ0v) is 18.0. The Bertz CT molecular complexity index is 1070. The van der Waals surface area contributed by atoms with E-state index in [9.17, 15) is 14.7 Å². The molecule has 1 aromatic heterocycles. The van der Waals surface area contributed by atoms with E-state index in [-0.39, 0.29) is 6.09 Å². The highest BCUT2D eigenvalue weighted by Crippen LogP contribution is 2.32. The minimum atomic E-state index is -0.925. The molecule has 2 aromatic carbocycles. The number of aromatic amines is 1. The van der Waals surface area contributed by atoms with Gasteiger partial charge in [-0.2, -0.15) is 0 Å². The van der Waals surface area contributed by atoms with Gasteiger partial charge >= 0.3 is 12.1 Å². The van der Waals surface area contributed by atoms with Gasteiger partial charge in [-0.15, -0.1) is 0 Å². The van der Waals surface area contributed by atoms with Crippen molar-refractivity contribution in [1.29, 1.82) is 0 Å². The third-order valence-electron chi connectivity index (χ3n) is 5.67. The molecule has 2 heterocycles. The average molecular weight is 437 g/mol. The lowest BCUT2D eigenvalue weighted by Crippen LogP contribution is -2.51. The highest BCUT2D eigenvalue weighted by Gasteiger charge is 2.33. The number of amides is 1. The summed E-state index contributed by atoms with van der Waals surface area (Å²) in [5, 5.41) is 10.9. The number of fused-ring (bicyclic) bond motifs is 1. The van der Waals surface area contributed by atoms with Gasteiger partial charge in [-0.05, 0) is 30.7 Å². The number of aromatic nitrogens is 1. The van der Waals surface area contributed by atoms with Crippen molar-refractivity contribution in [2.75, 3.05) is 32.8 Å². The minimum Gasteiger partial charge on any atom is -0.489 e. The molecule has 1 unspecified atom stereocenters. The first-order valence-electron chi connectivity index (χ1n) is 10.7. The fourth-order valence-corrected chi connectivity index (χ4v) is 4.04. The summed E-state index contributed by atoms with van der Waals surface area (Å²) in [4.78, 5) is 30.9. The second-order valence-corrected chi connectivity index (χ2v) is 7.69. The summed E-state index contributed by atoms with van der Waals surface area (Å²) in [6.45, 7) is 4.28. The number of carboxylic acids is 1. The third kappa shape index (κ3) is 4.70. The van der Waals surface area contributed by atoms with E-state index in [0.717, 1.165) is 16.5 Å². The molecule has 0 saturated carbocycles. The van der Waals surface area contributed by atoms with Crippen LogP contribution in [0, 0.1) is 0 Å². The number of carboxylic acid groups (broad SMARTS) is 1. The van der Waals surface area contributed by atoms with E-state index in [4.69, 9.17) is 9.47 Å². The molecule has 168 valence electrons. The molecule has 1 aliphatic heterocycles. The second-order valence-electron chi connectivity index (χ2n) is 7.69. The molecule has 0 aliphatic carbocycles. The molecule has 1 aliphatic rings. The summed E-state index contributed by atoms with van der Waals surface area (Å²) in [6, 6.07) is 14.7. The fraction of sp³-hybridized carbons (Fsp3) is 0.333. The molecule has 4 rings (SSSR count). The van der Waals surface area contributed by atoms with E-state index in [2.05, 4.69) is 4.98 Å². The maximum atomic E-state index is 12.3. The summed E-state index contributed by atoms with van der Waals surface area (Å²) in [5.41, 5.74) is 2.59. The fourth-order valence-electron chi connectivity index (χ4n) is 4.04. The predicted molar refractivity (Wildman–Crippen MR) is 120 cm³/mol. The molecule has 0 spiro atoms. The van der Waals surface area contributed by atoms with Crippen LogP contribution in [0.3, 0.4) is 0 Å². The second kappa shape index (κ2) is 9.74. The van der Waals surface area contributed by atoms with Crippen LogP contribution in [0.1, 0.15) is 24.1 Å². The van der Waals surface area contributed by atoms with Crippen LogP contribution in [0.5, 0.6) is 5.75 Å². The van der Waals surface area contributed by atoms with Gasteiger partial charge in [0.2, 0.25) is 0 Å². The molecule has 8 heteroatoms. The van der Waals surface area contributed by atoms with Crippen molar-refractivity contribution >= 4 is 23.0 Å². The number of nitrogens with one attached hydrogen (secondary N) is 1.